The Kier molecular flexibility index (Phi) is 7.22. The zero-order valence-electron chi connectivity index (χ0n) is 18.9. The number of hydrogen-bond donors (Lipinski definition) is 1. The smallest absolute Gasteiger partial charge is 0.266 e. The number of nitrogens with one attached hydrogen (secondary N) is 1. The Balaban J connectivity index is 1.25. The number of hydrogen-bond acceptors (Lipinski definition) is 6. The SMILES string of the molecule is O=C(CCCCCN1C(=O)/C(=C/c2c3ccccc3cc3ccccc23)SC1=S)Nc1nccs1. The summed E-state index contributed by atoms with van der Waals surface area (Å²) >= 11 is 8.31. The number of carbonyl (C=O) groups excluding carboxylic acids is 2. The second-order valence-corrected chi connectivity index (χ2v) is 10.8. The number of benzene rings is 3. The number of thiocarbonyl (C=S) groups is 1. The fraction of sp³-hybridized carbons (Fsp3) is 0.185. The van der Waals surface area contributed by atoms with Crippen molar-refractivity contribution in [2.24, 2.45) is 0 Å². The van der Waals surface area contributed by atoms with Crippen LogP contribution < -0.4 is 5.32 Å². The molecule has 0 saturated carbocycles. The fourth-order valence-electron chi connectivity index (χ4n) is 4.23. The molecule has 1 aliphatic rings. The van der Waals surface area contributed by atoms with Gasteiger partial charge in [0.2, 0.25) is 5.91 Å². The predicted octanol–water partition coefficient (Wildman–Crippen LogP) is 6.85. The standard InChI is InChI=1S/C27H23N3O2S3/c31-24(29-26-28-13-15-34-26)12-2-1-7-14-30-25(32)23(35-27(30)33)17-22-20-10-5-3-8-18(20)16-19-9-4-6-11-21(19)22/h3-6,8-11,13,15-17H,1-2,7,12,14H2,(H,28,29,31)/b23-17-. The molecule has 0 unspecified atom stereocenters. The van der Waals surface area contributed by atoms with Gasteiger partial charge in [-0.15, -0.1) is 11.3 Å². The number of unbranched alkanes of at least 4 members (excludes halogenated alkanes) is 2. The van der Waals surface area contributed by atoms with Gasteiger partial charge < -0.3 is 5.32 Å². The second-order valence-electron chi connectivity index (χ2n) is 8.26. The first-order valence-corrected chi connectivity index (χ1v) is 13.6. The zero-order chi connectivity index (χ0) is 24.2. The van der Waals surface area contributed by atoms with Gasteiger partial charge in [-0.05, 0) is 52.1 Å². The van der Waals surface area contributed by atoms with Crippen LogP contribution in [-0.4, -0.2) is 32.6 Å². The monoisotopic (exact) mass is 517 g/mol. The molecule has 4 aromatic rings. The van der Waals surface area contributed by atoms with Crippen molar-refractivity contribution in [3.8, 4) is 0 Å². The quantitative estimate of drug-likeness (QED) is 0.120. The average Bonchev–Trinajstić information content (AvgIpc) is 3.46. The summed E-state index contributed by atoms with van der Waals surface area (Å²) in [5, 5.41) is 9.77. The maximum absolute atomic E-state index is 13.2. The highest BCUT2D eigenvalue weighted by Crippen LogP contribution is 2.36. The Labute approximate surface area is 217 Å². The van der Waals surface area contributed by atoms with E-state index in [1.807, 2.05) is 35.7 Å². The molecule has 2 amide bonds. The van der Waals surface area contributed by atoms with Crippen LogP contribution in [0.3, 0.4) is 0 Å². The molecular weight excluding hydrogens is 495 g/mol. The van der Waals surface area contributed by atoms with E-state index in [2.05, 4.69) is 40.6 Å². The molecule has 1 aliphatic heterocycles. The molecule has 1 fully saturated rings. The molecule has 0 radical (unpaired) electrons. The topological polar surface area (TPSA) is 62.3 Å². The van der Waals surface area contributed by atoms with Crippen molar-refractivity contribution >= 4 is 84.2 Å². The first kappa shape index (κ1) is 23.7. The third kappa shape index (κ3) is 5.29. The van der Waals surface area contributed by atoms with E-state index in [0.29, 0.717) is 27.3 Å². The van der Waals surface area contributed by atoms with Gasteiger partial charge in [-0.2, -0.15) is 0 Å². The summed E-state index contributed by atoms with van der Waals surface area (Å²) in [5.74, 6) is -0.0747. The van der Waals surface area contributed by atoms with Crippen LogP contribution in [0.25, 0.3) is 27.6 Å². The van der Waals surface area contributed by atoms with E-state index in [9.17, 15) is 9.59 Å². The van der Waals surface area contributed by atoms with Crippen LogP contribution in [-0.2, 0) is 9.59 Å². The average molecular weight is 518 g/mol. The number of nitrogens with zero attached hydrogens (tertiary/aromatic N) is 2. The van der Waals surface area contributed by atoms with Gasteiger partial charge in [-0.3, -0.25) is 14.5 Å². The minimum absolute atomic E-state index is 0.0317. The Bertz CT molecular complexity index is 1390. The molecule has 176 valence electrons. The lowest BCUT2D eigenvalue weighted by atomic mass is 9.96. The molecule has 0 spiro atoms. The number of thioether (sulfide) groups is 1. The van der Waals surface area contributed by atoms with Crippen LogP contribution in [0.1, 0.15) is 31.2 Å². The summed E-state index contributed by atoms with van der Waals surface area (Å²) in [4.78, 5) is 31.6. The van der Waals surface area contributed by atoms with Crippen molar-refractivity contribution in [2.45, 2.75) is 25.7 Å². The number of carbonyl (C=O) groups is 2. The number of aromatic nitrogens is 1. The molecule has 0 bridgehead atoms. The molecular formula is C27H23N3O2S3. The first-order chi connectivity index (χ1) is 17.1. The molecule has 1 aromatic heterocycles. The molecule has 1 saturated heterocycles. The van der Waals surface area contributed by atoms with Crippen LogP contribution in [0.5, 0.6) is 0 Å². The van der Waals surface area contributed by atoms with Crippen LogP contribution >= 0.6 is 35.3 Å². The van der Waals surface area contributed by atoms with E-state index >= 15 is 0 Å². The van der Waals surface area contributed by atoms with Gasteiger partial charge in [0.25, 0.3) is 5.91 Å². The Hall–Kier alpha value is -3.07. The number of fused-ring (bicyclic) bond motifs is 2. The lowest BCUT2D eigenvalue weighted by molar-refractivity contribution is -0.122. The molecule has 3 aromatic carbocycles. The van der Waals surface area contributed by atoms with Crippen LogP contribution in [0.4, 0.5) is 5.13 Å². The largest absolute Gasteiger partial charge is 0.302 e. The highest BCUT2D eigenvalue weighted by molar-refractivity contribution is 8.26. The van der Waals surface area contributed by atoms with Crippen molar-refractivity contribution in [3.63, 3.8) is 0 Å². The summed E-state index contributed by atoms with van der Waals surface area (Å²) in [6.07, 6.45) is 6.49. The van der Waals surface area contributed by atoms with Crippen molar-refractivity contribution in [2.75, 3.05) is 11.9 Å². The van der Waals surface area contributed by atoms with Crippen molar-refractivity contribution < 1.29 is 9.59 Å². The minimum Gasteiger partial charge on any atom is -0.302 e. The molecule has 0 aliphatic carbocycles. The second kappa shape index (κ2) is 10.7. The van der Waals surface area contributed by atoms with Gasteiger partial charge in [-0.25, -0.2) is 4.98 Å². The van der Waals surface area contributed by atoms with Gasteiger partial charge in [0, 0.05) is 24.5 Å². The van der Waals surface area contributed by atoms with Crippen molar-refractivity contribution in [1.82, 2.24) is 9.88 Å². The van der Waals surface area contributed by atoms with E-state index in [0.717, 1.165) is 46.4 Å². The maximum atomic E-state index is 13.2. The highest BCUT2D eigenvalue weighted by Gasteiger charge is 2.31. The lowest BCUT2D eigenvalue weighted by Crippen LogP contribution is -2.29. The predicted molar refractivity (Wildman–Crippen MR) is 151 cm³/mol. The van der Waals surface area contributed by atoms with E-state index in [1.165, 1.54) is 23.1 Å². The molecule has 5 nitrogen and oxygen atoms in total. The molecule has 2 heterocycles. The van der Waals surface area contributed by atoms with E-state index in [4.69, 9.17) is 12.2 Å². The molecule has 8 heteroatoms. The van der Waals surface area contributed by atoms with Crippen LogP contribution in [0, 0.1) is 0 Å². The summed E-state index contributed by atoms with van der Waals surface area (Å²) in [7, 11) is 0. The van der Waals surface area contributed by atoms with Gasteiger partial charge in [-0.1, -0.05) is 78.9 Å². The number of thiazole rings is 1. The third-order valence-corrected chi connectivity index (χ3v) is 7.99. The number of amides is 2. The Morgan fingerprint density at radius 1 is 1.03 bits per heavy atom. The van der Waals surface area contributed by atoms with E-state index in [-0.39, 0.29) is 11.8 Å². The van der Waals surface area contributed by atoms with Gasteiger partial charge in [0.05, 0.1) is 4.91 Å². The van der Waals surface area contributed by atoms with Gasteiger partial charge in [0.1, 0.15) is 4.32 Å². The van der Waals surface area contributed by atoms with Crippen LogP contribution in [0.2, 0.25) is 0 Å². The maximum Gasteiger partial charge on any atom is 0.266 e. The van der Waals surface area contributed by atoms with Gasteiger partial charge >= 0.3 is 0 Å². The summed E-state index contributed by atoms with van der Waals surface area (Å²) < 4.78 is 0.590. The summed E-state index contributed by atoms with van der Waals surface area (Å²) in [6.45, 7) is 0.562. The number of anilines is 1. The summed E-state index contributed by atoms with van der Waals surface area (Å²) in [5.41, 5.74) is 1.05. The molecule has 1 N–H and O–H groups in total. The zero-order valence-corrected chi connectivity index (χ0v) is 21.3. The molecule has 0 atom stereocenters. The normalized spacial score (nSPS) is 15.0. The van der Waals surface area contributed by atoms with Crippen molar-refractivity contribution in [1.29, 1.82) is 0 Å². The van der Waals surface area contributed by atoms with Crippen molar-refractivity contribution in [3.05, 3.63) is 76.6 Å². The molecule has 5 rings (SSSR count). The molecule has 35 heavy (non-hydrogen) atoms. The Morgan fingerprint density at radius 2 is 1.74 bits per heavy atom. The van der Waals surface area contributed by atoms with Gasteiger partial charge in [0.15, 0.2) is 5.13 Å². The first-order valence-electron chi connectivity index (χ1n) is 11.5. The minimum atomic E-state index is -0.0430. The Morgan fingerprint density at radius 3 is 2.43 bits per heavy atom. The number of rotatable bonds is 8. The lowest BCUT2D eigenvalue weighted by Gasteiger charge is -2.14. The highest BCUT2D eigenvalue weighted by atomic mass is 32.2. The van der Waals surface area contributed by atoms with Crippen LogP contribution in [0.15, 0.2) is 71.1 Å². The fourth-order valence-corrected chi connectivity index (χ4v) is 6.06. The third-order valence-electron chi connectivity index (χ3n) is 5.93. The summed E-state index contributed by atoms with van der Waals surface area (Å²) in [6, 6.07) is 18.7. The van der Waals surface area contributed by atoms with E-state index < -0.39 is 0 Å². The van der Waals surface area contributed by atoms with E-state index in [1.54, 1.807) is 11.1 Å².